The molecule has 31 heavy (non-hydrogen) atoms. The van der Waals surface area contributed by atoms with E-state index in [1.165, 1.54) is 0 Å². The SMILES string of the molecule is CC(C)COC(=O)C1[C@H]2C=CC3(CN(C(c4ccccc4)c4ccccc4)C(=O)[C@@H]13)O2. The number of carbonyl (C=O) groups excluding carboxylic acids is 2. The van der Waals surface area contributed by atoms with Crippen molar-refractivity contribution in [2.75, 3.05) is 13.2 Å². The van der Waals surface area contributed by atoms with Gasteiger partial charge in [-0.2, -0.15) is 0 Å². The van der Waals surface area contributed by atoms with Gasteiger partial charge in [0.05, 0.1) is 31.2 Å². The molecule has 3 aliphatic heterocycles. The van der Waals surface area contributed by atoms with Gasteiger partial charge in [0, 0.05) is 0 Å². The second-order valence-electron chi connectivity index (χ2n) is 9.11. The number of nitrogens with zero attached hydrogens (tertiary/aromatic N) is 1. The van der Waals surface area contributed by atoms with Crippen LogP contribution in [0, 0.1) is 17.8 Å². The highest BCUT2D eigenvalue weighted by molar-refractivity contribution is 5.91. The normalized spacial score (nSPS) is 28.6. The fourth-order valence-electron chi connectivity index (χ4n) is 5.18. The van der Waals surface area contributed by atoms with Crippen LogP contribution in [-0.4, -0.2) is 41.6 Å². The van der Waals surface area contributed by atoms with E-state index in [1.807, 2.05) is 91.6 Å². The minimum atomic E-state index is -0.759. The van der Waals surface area contributed by atoms with Crippen LogP contribution < -0.4 is 0 Å². The Balaban J connectivity index is 1.50. The van der Waals surface area contributed by atoms with Crippen LogP contribution in [0.3, 0.4) is 0 Å². The van der Waals surface area contributed by atoms with Crippen molar-refractivity contribution in [1.29, 1.82) is 0 Å². The van der Waals surface area contributed by atoms with Gasteiger partial charge in [0.2, 0.25) is 5.91 Å². The van der Waals surface area contributed by atoms with Crippen molar-refractivity contribution in [3.05, 3.63) is 83.9 Å². The second-order valence-corrected chi connectivity index (χ2v) is 9.11. The molecule has 2 unspecified atom stereocenters. The Morgan fingerprint density at radius 1 is 1.10 bits per heavy atom. The maximum atomic E-state index is 13.8. The summed E-state index contributed by atoms with van der Waals surface area (Å²) >= 11 is 0. The second kappa shape index (κ2) is 7.65. The highest BCUT2D eigenvalue weighted by atomic mass is 16.6. The van der Waals surface area contributed by atoms with Crippen LogP contribution in [0.1, 0.15) is 31.0 Å². The standard InChI is InChI=1S/C26H27NO4/c1-17(2)15-30-25(29)21-20-13-14-26(31-20)16-27(24(28)22(21)26)23(18-9-5-3-6-10-18)19-11-7-4-8-12-19/h3-14,17,20-23H,15-16H2,1-2H3/t20-,21?,22-,26?/m1/s1. The quantitative estimate of drug-likeness (QED) is 0.531. The van der Waals surface area contributed by atoms with Gasteiger partial charge < -0.3 is 14.4 Å². The molecule has 0 aliphatic carbocycles. The van der Waals surface area contributed by atoms with Gasteiger partial charge in [-0.05, 0) is 17.0 Å². The van der Waals surface area contributed by atoms with Crippen molar-refractivity contribution in [2.24, 2.45) is 17.8 Å². The number of amides is 1. The van der Waals surface area contributed by atoms with Gasteiger partial charge in [-0.25, -0.2) is 0 Å². The lowest BCUT2D eigenvalue weighted by Crippen LogP contribution is -2.40. The summed E-state index contributed by atoms with van der Waals surface area (Å²) in [6.07, 6.45) is 3.52. The molecular weight excluding hydrogens is 390 g/mol. The van der Waals surface area contributed by atoms with E-state index < -0.39 is 17.4 Å². The zero-order valence-electron chi connectivity index (χ0n) is 17.8. The number of carbonyl (C=O) groups is 2. The van der Waals surface area contributed by atoms with Crippen molar-refractivity contribution >= 4 is 11.9 Å². The highest BCUT2D eigenvalue weighted by Gasteiger charge is 2.68. The minimum absolute atomic E-state index is 0.0453. The molecular formula is C26H27NO4. The first-order valence-corrected chi connectivity index (χ1v) is 10.9. The summed E-state index contributed by atoms with van der Waals surface area (Å²) in [4.78, 5) is 28.6. The van der Waals surface area contributed by atoms with E-state index >= 15 is 0 Å². The van der Waals surface area contributed by atoms with Crippen LogP contribution in [0.5, 0.6) is 0 Å². The van der Waals surface area contributed by atoms with Crippen LogP contribution in [0.4, 0.5) is 0 Å². The lowest BCUT2D eigenvalue weighted by Gasteiger charge is -2.31. The van der Waals surface area contributed by atoms with Crippen LogP contribution in [0.15, 0.2) is 72.8 Å². The van der Waals surface area contributed by atoms with Crippen LogP contribution in [0.2, 0.25) is 0 Å². The predicted molar refractivity (Wildman–Crippen MR) is 116 cm³/mol. The maximum absolute atomic E-state index is 13.8. The summed E-state index contributed by atoms with van der Waals surface area (Å²) < 4.78 is 11.8. The fourth-order valence-corrected chi connectivity index (χ4v) is 5.18. The van der Waals surface area contributed by atoms with Crippen LogP contribution in [0.25, 0.3) is 0 Å². The van der Waals surface area contributed by atoms with Crippen LogP contribution in [-0.2, 0) is 19.1 Å². The molecule has 4 atom stereocenters. The summed E-state index contributed by atoms with van der Waals surface area (Å²) in [7, 11) is 0. The Morgan fingerprint density at radius 3 is 2.29 bits per heavy atom. The Kier molecular flexibility index (Phi) is 4.94. The smallest absolute Gasteiger partial charge is 0.312 e. The lowest BCUT2D eigenvalue weighted by atomic mass is 9.77. The summed E-state index contributed by atoms with van der Waals surface area (Å²) in [6.45, 7) is 4.77. The lowest BCUT2D eigenvalue weighted by molar-refractivity contribution is -0.155. The van der Waals surface area contributed by atoms with Gasteiger partial charge >= 0.3 is 5.97 Å². The summed E-state index contributed by atoms with van der Waals surface area (Å²) in [5, 5.41) is 0. The largest absolute Gasteiger partial charge is 0.465 e. The van der Waals surface area contributed by atoms with Gasteiger partial charge in [-0.15, -0.1) is 0 Å². The number of fused-ring (bicyclic) bond motifs is 1. The fraction of sp³-hybridized carbons (Fsp3) is 0.385. The van der Waals surface area contributed by atoms with Gasteiger partial charge in [0.1, 0.15) is 11.5 Å². The molecule has 3 aliphatic rings. The molecule has 0 aromatic heterocycles. The molecule has 2 aromatic rings. The van der Waals surface area contributed by atoms with Crippen LogP contribution >= 0.6 is 0 Å². The van der Waals surface area contributed by atoms with Crippen molar-refractivity contribution in [3.63, 3.8) is 0 Å². The Morgan fingerprint density at radius 2 is 1.71 bits per heavy atom. The minimum Gasteiger partial charge on any atom is -0.465 e. The van der Waals surface area contributed by atoms with Gasteiger partial charge in [0.15, 0.2) is 0 Å². The molecule has 2 fully saturated rings. The van der Waals surface area contributed by atoms with Crippen molar-refractivity contribution < 1.29 is 19.1 Å². The van der Waals surface area contributed by atoms with E-state index in [2.05, 4.69) is 0 Å². The number of benzene rings is 2. The Labute approximate surface area is 182 Å². The molecule has 2 aromatic carbocycles. The number of hydrogen-bond acceptors (Lipinski definition) is 4. The van der Waals surface area contributed by atoms with E-state index in [4.69, 9.17) is 9.47 Å². The van der Waals surface area contributed by atoms with Crippen molar-refractivity contribution in [1.82, 2.24) is 4.90 Å². The molecule has 0 radical (unpaired) electrons. The van der Waals surface area contributed by atoms with E-state index in [9.17, 15) is 9.59 Å². The topological polar surface area (TPSA) is 55.8 Å². The number of hydrogen-bond donors (Lipinski definition) is 0. The third-order valence-electron chi connectivity index (χ3n) is 6.50. The molecule has 2 saturated heterocycles. The average molecular weight is 418 g/mol. The first-order valence-electron chi connectivity index (χ1n) is 10.9. The first-order chi connectivity index (χ1) is 15.0. The zero-order valence-corrected chi connectivity index (χ0v) is 17.8. The molecule has 2 bridgehead atoms. The number of rotatable bonds is 6. The van der Waals surface area contributed by atoms with Gasteiger partial charge in [-0.1, -0.05) is 86.7 Å². The van der Waals surface area contributed by atoms with Crippen molar-refractivity contribution in [3.8, 4) is 0 Å². The summed E-state index contributed by atoms with van der Waals surface area (Å²) in [6, 6.07) is 19.8. The van der Waals surface area contributed by atoms with E-state index in [-0.39, 0.29) is 29.9 Å². The molecule has 1 amide bonds. The van der Waals surface area contributed by atoms with Crippen molar-refractivity contribution in [2.45, 2.75) is 31.6 Å². The maximum Gasteiger partial charge on any atom is 0.312 e. The molecule has 1 spiro atoms. The number of likely N-dealkylation sites (tertiary alicyclic amines) is 1. The third-order valence-corrected chi connectivity index (χ3v) is 6.50. The molecule has 5 heteroatoms. The molecule has 5 nitrogen and oxygen atoms in total. The Hall–Kier alpha value is -2.92. The summed E-state index contributed by atoms with van der Waals surface area (Å²) in [5.74, 6) is -1.27. The molecule has 0 N–H and O–H groups in total. The molecule has 0 saturated carbocycles. The van der Waals surface area contributed by atoms with E-state index in [0.717, 1.165) is 11.1 Å². The monoisotopic (exact) mass is 417 g/mol. The Bertz CT molecular complexity index is 963. The third kappa shape index (κ3) is 3.28. The van der Waals surface area contributed by atoms with E-state index in [1.54, 1.807) is 0 Å². The average Bonchev–Trinajstić information content (AvgIpc) is 3.42. The van der Waals surface area contributed by atoms with E-state index in [0.29, 0.717) is 13.2 Å². The van der Waals surface area contributed by atoms with Gasteiger partial charge in [-0.3, -0.25) is 9.59 Å². The first kappa shape index (κ1) is 20.0. The summed E-state index contributed by atoms with van der Waals surface area (Å²) in [5.41, 5.74) is 1.32. The highest BCUT2D eigenvalue weighted by Crippen LogP contribution is 2.54. The number of esters is 1. The van der Waals surface area contributed by atoms with Gasteiger partial charge in [0.25, 0.3) is 0 Å². The molecule has 160 valence electrons. The predicted octanol–water partition coefficient (Wildman–Crippen LogP) is 3.76. The zero-order chi connectivity index (χ0) is 21.6. The molecule has 3 heterocycles. The number of ether oxygens (including phenoxy) is 2. The molecule has 5 rings (SSSR count).